The lowest BCUT2D eigenvalue weighted by atomic mass is 9.65. The molecule has 4 unspecified atom stereocenters. The molecule has 6 nitrogen and oxygen atoms in total. The fraction of sp³-hybridized carbons (Fsp3) is 0.692. The third-order valence-corrected chi connectivity index (χ3v) is 4.29. The zero-order valence-electron chi connectivity index (χ0n) is 11.8. The van der Waals surface area contributed by atoms with Crippen molar-refractivity contribution in [3.8, 4) is 0 Å². The molecule has 106 valence electrons. The van der Waals surface area contributed by atoms with Crippen LogP contribution in [0.25, 0.3) is 0 Å². The van der Waals surface area contributed by atoms with Gasteiger partial charge in [0.05, 0.1) is 14.2 Å². The molecule has 0 saturated carbocycles. The maximum Gasteiger partial charge on any atom is 0.330 e. The molecular weight excluding hydrogens is 250 g/mol. The van der Waals surface area contributed by atoms with Crippen LogP contribution in [0.4, 0.5) is 0 Å². The van der Waals surface area contributed by atoms with Crippen LogP contribution in [-0.4, -0.2) is 49.9 Å². The molecule has 1 saturated heterocycles. The van der Waals surface area contributed by atoms with E-state index in [0.717, 1.165) is 0 Å². The third-order valence-electron chi connectivity index (χ3n) is 4.29. The van der Waals surface area contributed by atoms with Crippen LogP contribution in [0.3, 0.4) is 0 Å². The van der Waals surface area contributed by atoms with E-state index in [1.54, 1.807) is 33.0 Å². The van der Waals surface area contributed by atoms with E-state index in [9.17, 15) is 9.59 Å². The van der Waals surface area contributed by atoms with Gasteiger partial charge in [-0.25, -0.2) is 4.79 Å². The first-order valence-corrected chi connectivity index (χ1v) is 6.07. The minimum atomic E-state index is -1.29. The van der Waals surface area contributed by atoms with Gasteiger partial charge >= 0.3 is 11.9 Å². The maximum absolute atomic E-state index is 12.3. The fourth-order valence-electron chi connectivity index (χ4n) is 3.44. The van der Waals surface area contributed by atoms with Crippen molar-refractivity contribution < 1.29 is 23.8 Å². The Labute approximate surface area is 112 Å². The third kappa shape index (κ3) is 1.44. The molecular formula is C13H19NO5. The molecule has 0 spiro atoms. The lowest BCUT2D eigenvalue weighted by Gasteiger charge is -2.41. The SMILES string of the molecule is CNC1(C(=O)OC)C(C(=O)OC)C2(C)C=CC1(C)O2. The van der Waals surface area contributed by atoms with E-state index in [1.165, 1.54) is 14.2 Å². The van der Waals surface area contributed by atoms with Gasteiger partial charge in [-0.3, -0.25) is 4.79 Å². The number of esters is 2. The average Bonchev–Trinajstić information content (AvgIpc) is 2.81. The topological polar surface area (TPSA) is 73.9 Å². The summed E-state index contributed by atoms with van der Waals surface area (Å²) in [5, 5.41) is 2.94. The van der Waals surface area contributed by atoms with Crippen LogP contribution in [0.15, 0.2) is 12.2 Å². The Morgan fingerprint density at radius 3 is 2.32 bits per heavy atom. The number of fused-ring (bicyclic) bond motifs is 2. The second-order valence-electron chi connectivity index (χ2n) is 5.23. The molecule has 19 heavy (non-hydrogen) atoms. The summed E-state index contributed by atoms with van der Waals surface area (Å²) in [6.45, 7) is 3.52. The van der Waals surface area contributed by atoms with Gasteiger partial charge in [0.1, 0.15) is 17.1 Å². The van der Waals surface area contributed by atoms with Crippen LogP contribution in [0, 0.1) is 5.92 Å². The molecule has 0 amide bonds. The molecule has 0 aromatic heterocycles. The number of carbonyl (C=O) groups is 2. The lowest BCUT2D eigenvalue weighted by molar-refractivity contribution is -0.162. The minimum absolute atomic E-state index is 0.504. The highest BCUT2D eigenvalue weighted by molar-refractivity contribution is 5.93. The Bertz CT molecular complexity index is 462. The Hall–Kier alpha value is -1.40. The Morgan fingerprint density at radius 1 is 1.21 bits per heavy atom. The number of ether oxygens (including phenoxy) is 3. The van der Waals surface area contributed by atoms with Gasteiger partial charge in [-0.15, -0.1) is 0 Å². The fourth-order valence-corrected chi connectivity index (χ4v) is 3.44. The Kier molecular flexibility index (Phi) is 2.98. The first-order valence-electron chi connectivity index (χ1n) is 6.07. The number of carbonyl (C=O) groups excluding carboxylic acids is 2. The van der Waals surface area contributed by atoms with Crippen LogP contribution >= 0.6 is 0 Å². The predicted molar refractivity (Wildman–Crippen MR) is 66.3 cm³/mol. The number of methoxy groups -OCH3 is 2. The van der Waals surface area contributed by atoms with Crippen molar-refractivity contribution in [1.82, 2.24) is 5.32 Å². The van der Waals surface area contributed by atoms with E-state index in [1.807, 2.05) is 0 Å². The van der Waals surface area contributed by atoms with Gasteiger partial charge < -0.3 is 19.5 Å². The quantitative estimate of drug-likeness (QED) is 0.575. The van der Waals surface area contributed by atoms with Crippen LogP contribution in [0.1, 0.15) is 13.8 Å². The van der Waals surface area contributed by atoms with Gasteiger partial charge in [-0.2, -0.15) is 0 Å². The molecule has 1 N–H and O–H groups in total. The normalized spacial score (nSPS) is 43.3. The molecule has 6 heteroatoms. The summed E-state index contributed by atoms with van der Waals surface area (Å²) >= 11 is 0. The highest BCUT2D eigenvalue weighted by Crippen LogP contribution is 2.56. The zero-order chi connectivity index (χ0) is 14.5. The van der Waals surface area contributed by atoms with Crippen molar-refractivity contribution >= 4 is 11.9 Å². The van der Waals surface area contributed by atoms with E-state index < -0.39 is 34.6 Å². The van der Waals surface area contributed by atoms with Crippen LogP contribution in [-0.2, 0) is 23.8 Å². The molecule has 0 radical (unpaired) electrons. The van der Waals surface area contributed by atoms with Crippen molar-refractivity contribution in [2.75, 3.05) is 21.3 Å². The van der Waals surface area contributed by atoms with Crippen molar-refractivity contribution in [3.63, 3.8) is 0 Å². The summed E-state index contributed by atoms with van der Waals surface area (Å²) in [5.74, 6) is -1.85. The molecule has 0 aromatic rings. The monoisotopic (exact) mass is 269 g/mol. The van der Waals surface area contributed by atoms with Crippen LogP contribution in [0.5, 0.6) is 0 Å². The van der Waals surface area contributed by atoms with Gasteiger partial charge in [0.2, 0.25) is 0 Å². The molecule has 4 atom stereocenters. The second-order valence-corrected chi connectivity index (χ2v) is 5.23. The van der Waals surface area contributed by atoms with E-state index in [4.69, 9.17) is 14.2 Å². The summed E-state index contributed by atoms with van der Waals surface area (Å²) in [7, 11) is 4.19. The molecule has 2 aliphatic rings. The highest BCUT2D eigenvalue weighted by Gasteiger charge is 2.75. The number of hydrogen-bond acceptors (Lipinski definition) is 6. The molecule has 0 aromatic carbocycles. The molecule has 2 heterocycles. The van der Waals surface area contributed by atoms with Crippen molar-refractivity contribution in [1.29, 1.82) is 0 Å². The molecule has 0 aliphatic carbocycles. The predicted octanol–water partition coefficient (Wildman–Crippen LogP) is 0.0242. The van der Waals surface area contributed by atoms with E-state index in [0.29, 0.717) is 0 Å². The first-order chi connectivity index (χ1) is 8.81. The molecule has 1 fully saturated rings. The van der Waals surface area contributed by atoms with E-state index in [-0.39, 0.29) is 0 Å². The zero-order valence-corrected chi connectivity index (χ0v) is 11.8. The smallest absolute Gasteiger partial charge is 0.330 e. The Balaban J connectivity index is 2.64. The van der Waals surface area contributed by atoms with Gasteiger partial charge in [-0.05, 0) is 20.9 Å². The van der Waals surface area contributed by atoms with Crippen molar-refractivity contribution in [2.45, 2.75) is 30.6 Å². The summed E-state index contributed by atoms with van der Waals surface area (Å²) in [5.41, 5.74) is -3.14. The van der Waals surface area contributed by atoms with E-state index in [2.05, 4.69) is 5.32 Å². The summed E-state index contributed by atoms with van der Waals surface area (Å²) in [4.78, 5) is 24.5. The Morgan fingerprint density at radius 2 is 1.84 bits per heavy atom. The standard InChI is InChI=1S/C13H19NO5/c1-11-6-7-12(2,19-11)13(14-3,10(16)18-5)8(11)9(15)17-4/h6-8,14H,1-5H3. The van der Waals surface area contributed by atoms with Gasteiger partial charge in [-0.1, -0.05) is 12.2 Å². The summed E-state index contributed by atoms with van der Waals surface area (Å²) in [6, 6.07) is 0. The van der Waals surface area contributed by atoms with Gasteiger partial charge in [0, 0.05) is 0 Å². The molecule has 2 rings (SSSR count). The summed E-state index contributed by atoms with van der Waals surface area (Å²) < 4.78 is 15.7. The lowest BCUT2D eigenvalue weighted by Crippen LogP contribution is -2.69. The van der Waals surface area contributed by atoms with Gasteiger partial charge in [0.25, 0.3) is 0 Å². The number of nitrogens with one attached hydrogen (secondary N) is 1. The number of hydrogen-bond donors (Lipinski definition) is 1. The second kappa shape index (κ2) is 4.05. The van der Waals surface area contributed by atoms with Crippen molar-refractivity contribution in [3.05, 3.63) is 12.2 Å². The average molecular weight is 269 g/mol. The number of rotatable bonds is 3. The van der Waals surface area contributed by atoms with Gasteiger partial charge in [0.15, 0.2) is 5.54 Å². The first kappa shape index (κ1) is 14.0. The minimum Gasteiger partial charge on any atom is -0.469 e. The van der Waals surface area contributed by atoms with Crippen LogP contribution < -0.4 is 5.32 Å². The number of likely N-dealkylation sites (N-methyl/N-ethyl adjacent to an activating group) is 1. The van der Waals surface area contributed by atoms with Crippen molar-refractivity contribution in [2.24, 2.45) is 5.92 Å². The molecule has 2 bridgehead atoms. The highest BCUT2D eigenvalue weighted by atomic mass is 16.6. The largest absolute Gasteiger partial charge is 0.469 e. The van der Waals surface area contributed by atoms with Crippen LogP contribution in [0.2, 0.25) is 0 Å². The van der Waals surface area contributed by atoms with E-state index >= 15 is 0 Å². The maximum atomic E-state index is 12.3. The molecule has 2 aliphatic heterocycles. The summed E-state index contributed by atoms with van der Waals surface area (Å²) in [6.07, 6.45) is 3.59.